The molecule has 0 bridgehead atoms. The van der Waals surface area contributed by atoms with Gasteiger partial charge in [0.1, 0.15) is 0 Å². The highest BCUT2D eigenvalue weighted by atomic mass is 127. The molecule has 1 heterocycles. The Hall–Kier alpha value is -2.82. The maximum atomic E-state index is 12.9. The number of imide groups is 1. The molecule has 1 aliphatic heterocycles. The molecule has 0 unspecified atom stereocenters. The van der Waals surface area contributed by atoms with Crippen molar-refractivity contribution in [3.63, 3.8) is 0 Å². The van der Waals surface area contributed by atoms with Gasteiger partial charge in [-0.3, -0.25) is 14.5 Å². The molecular formula is C26H19ClINO5S. The third-order valence-corrected chi connectivity index (χ3v) is 6.82. The van der Waals surface area contributed by atoms with Crippen LogP contribution in [0.4, 0.5) is 4.79 Å². The first-order valence-electron chi connectivity index (χ1n) is 10.6. The molecular weight excluding hydrogens is 601 g/mol. The number of rotatable bonds is 7. The molecule has 0 aromatic heterocycles. The molecule has 0 atom stereocenters. The van der Waals surface area contributed by atoms with Crippen molar-refractivity contribution in [2.45, 2.75) is 13.5 Å². The van der Waals surface area contributed by atoms with E-state index < -0.39 is 5.97 Å². The minimum absolute atomic E-state index is 0.210. The van der Waals surface area contributed by atoms with Crippen LogP contribution in [-0.4, -0.2) is 28.6 Å². The molecule has 9 heteroatoms. The Morgan fingerprint density at radius 3 is 2.54 bits per heavy atom. The second-order valence-corrected chi connectivity index (χ2v) is 10.1. The van der Waals surface area contributed by atoms with Crippen molar-refractivity contribution in [1.29, 1.82) is 0 Å². The Labute approximate surface area is 225 Å². The van der Waals surface area contributed by atoms with Crippen molar-refractivity contribution in [3.8, 4) is 11.5 Å². The van der Waals surface area contributed by atoms with E-state index in [1.165, 1.54) is 11.0 Å². The van der Waals surface area contributed by atoms with E-state index in [-0.39, 0.29) is 23.4 Å². The lowest BCUT2D eigenvalue weighted by atomic mass is 10.1. The maximum absolute atomic E-state index is 12.9. The topological polar surface area (TPSA) is 72.9 Å². The van der Waals surface area contributed by atoms with Gasteiger partial charge in [0.15, 0.2) is 11.5 Å². The largest absolute Gasteiger partial charge is 0.490 e. The van der Waals surface area contributed by atoms with Crippen molar-refractivity contribution in [1.82, 2.24) is 4.90 Å². The summed E-state index contributed by atoms with van der Waals surface area (Å²) in [7, 11) is 0. The quantitative estimate of drug-likeness (QED) is 0.125. The fraction of sp³-hybridized carbons (Fsp3) is 0.115. The number of hydrogen-bond donors (Lipinski definition) is 0. The molecule has 3 aromatic carbocycles. The molecule has 178 valence electrons. The van der Waals surface area contributed by atoms with Gasteiger partial charge in [0.2, 0.25) is 0 Å². The molecule has 1 fully saturated rings. The lowest BCUT2D eigenvalue weighted by Crippen LogP contribution is -2.27. The molecule has 3 aromatic rings. The predicted octanol–water partition coefficient (Wildman–Crippen LogP) is 6.80. The first kappa shape index (κ1) is 25.3. The number of hydrogen-bond acceptors (Lipinski definition) is 6. The highest BCUT2D eigenvalue weighted by Crippen LogP contribution is 2.35. The van der Waals surface area contributed by atoms with Gasteiger partial charge in [-0.25, -0.2) is 4.79 Å². The number of halogens is 2. The minimum atomic E-state index is -0.571. The van der Waals surface area contributed by atoms with Crippen LogP contribution in [0, 0.1) is 3.57 Å². The van der Waals surface area contributed by atoms with Gasteiger partial charge in [-0.1, -0.05) is 35.9 Å². The Bertz CT molecular complexity index is 1330. The Morgan fingerprint density at radius 2 is 1.83 bits per heavy atom. The molecule has 0 spiro atoms. The van der Waals surface area contributed by atoms with Crippen LogP contribution >= 0.6 is 46.0 Å². The SMILES string of the molecule is CCOc1cc(/C=C2\SC(=O)N(Cc3ccc(I)cc3)C2=O)ccc1OC(=O)c1cccc(Cl)c1. The zero-order valence-electron chi connectivity index (χ0n) is 18.5. The molecule has 0 N–H and O–H groups in total. The van der Waals surface area contributed by atoms with E-state index in [1.54, 1.807) is 42.5 Å². The predicted molar refractivity (Wildman–Crippen MR) is 145 cm³/mol. The smallest absolute Gasteiger partial charge is 0.343 e. The van der Waals surface area contributed by atoms with Crippen molar-refractivity contribution < 1.29 is 23.9 Å². The molecule has 6 nitrogen and oxygen atoms in total. The molecule has 4 rings (SSSR count). The number of carbonyl (C=O) groups is 3. The van der Waals surface area contributed by atoms with Crippen LogP contribution in [0.3, 0.4) is 0 Å². The van der Waals surface area contributed by atoms with Gasteiger partial charge < -0.3 is 9.47 Å². The van der Waals surface area contributed by atoms with Crippen LogP contribution in [0.2, 0.25) is 5.02 Å². The summed E-state index contributed by atoms with van der Waals surface area (Å²) in [6, 6.07) is 19.1. The lowest BCUT2D eigenvalue weighted by Gasteiger charge is -2.13. The molecule has 2 amide bonds. The number of esters is 1. The van der Waals surface area contributed by atoms with E-state index in [4.69, 9.17) is 21.1 Å². The number of benzene rings is 3. The Balaban J connectivity index is 1.53. The maximum Gasteiger partial charge on any atom is 0.343 e. The third kappa shape index (κ3) is 6.25. The van der Waals surface area contributed by atoms with Crippen LogP contribution in [-0.2, 0) is 11.3 Å². The standard InChI is InChI=1S/C26H19ClINO5S/c1-2-33-22-12-17(8-11-21(22)34-25(31)18-4-3-5-19(27)14-18)13-23-24(30)29(26(32)35-23)15-16-6-9-20(28)10-7-16/h3-14H,2,15H2,1H3/b23-13-. The highest BCUT2D eigenvalue weighted by Gasteiger charge is 2.35. The monoisotopic (exact) mass is 619 g/mol. The van der Waals surface area contributed by atoms with Crippen LogP contribution in [0.1, 0.15) is 28.4 Å². The summed E-state index contributed by atoms with van der Waals surface area (Å²) in [4.78, 5) is 39.5. The number of amides is 2. The van der Waals surface area contributed by atoms with Crippen molar-refractivity contribution in [2.75, 3.05) is 6.61 Å². The molecule has 0 aliphatic carbocycles. The van der Waals surface area contributed by atoms with Crippen molar-refractivity contribution >= 4 is 69.1 Å². The summed E-state index contributed by atoms with van der Waals surface area (Å²) in [6.07, 6.45) is 1.63. The summed E-state index contributed by atoms with van der Waals surface area (Å²) in [5.41, 5.74) is 1.82. The van der Waals surface area contributed by atoms with E-state index in [0.717, 1.165) is 20.9 Å². The van der Waals surface area contributed by atoms with E-state index >= 15 is 0 Å². The van der Waals surface area contributed by atoms with Gasteiger partial charge in [0.05, 0.1) is 23.6 Å². The highest BCUT2D eigenvalue weighted by molar-refractivity contribution is 14.1. The van der Waals surface area contributed by atoms with Gasteiger partial charge in [0.25, 0.3) is 11.1 Å². The fourth-order valence-electron chi connectivity index (χ4n) is 3.30. The van der Waals surface area contributed by atoms with Crippen LogP contribution < -0.4 is 9.47 Å². The zero-order valence-corrected chi connectivity index (χ0v) is 22.2. The third-order valence-electron chi connectivity index (χ3n) is 4.96. The average Bonchev–Trinajstić information content (AvgIpc) is 3.09. The first-order valence-corrected chi connectivity index (χ1v) is 12.9. The fourth-order valence-corrected chi connectivity index (χ4v) is 4.69. The second kappa shape index (κ2) is 11.3. The number of nitrogens with zero attached hydrogens (tertiary/aromatic N) is 1. The van der Waals surface area contributed by atoms with Gasteiger partial charge >= 0.3 is 5.97 Å². The van der Waals surface area contributed by atoms with Crippen molar-refractivity contribution in [3.05, 3.63) is 96.9 Å². The average molecular weight is 620 g/mol. The van der Waals surface area contributed by atoms with E-state index in [2.05, 4.69) is 22.6 Å². The molecule has 1 saturated heterocycles. The number of thioether (sulfide) groups is 1. The minimum Gasteiger partial charge on any atom is -0.490 e. The van der Waals surface area contributed by atoms with E-state index in [0.29, 0.717) is 33.4 Å². The summed E-state index contributed by atoms with van der Waals surface area (Å²) in [5, 5.41) is 0.104. The normalized spacial score (nSPS) is 14.5. The van der Waals surface area contributed by atoms with Crippen LogP contribution in [0.15, 0.2) is 71.6 Å². The molecule has 35 heavy (non-hydrogen) atoms. The Morgan fingerprint density at radius 1 is 1.06 bits per heavy atom. The van der Waals surface area contributed by atoms with Crippen LogP contribution in [0.25, 0.3) is 6.08 Å². The van der Waals surface area contributed by atoms with Crippen LogP contribution in [0.5, 0.6) is 11.5 Å². The van der Waals surface area contributed by atoms with Gasteiger partial charge in [-0.05, 0) is 101 Å². The molecule has 1 aliphatic rings. The summed E-state index contributed by atoms with van der Waals surface area (Å²) < 4.78 is 12.3. The summed E-state index contributed by atoms with van der Waals surface area (Å²) in [5.74, 6) is -0.346. The first-order chi connectivity index (χ1) is 16.8. The Kier molecular flexibility index (Phi) is 8.15. The number of carbonyl (C=O) groups excluding carboxylic acids is 3. The van der Waals surface area contributed by atoms with Gasteiger partial charge in [0, 0.05) is 8.59 Å². The van der Waals surface area contributed by atoms with Gasteiger partial charge in [-0.2, -0.15) is 0 Å². The van der Waals surface area contributed by atoms with Crippen molar-refractivity contribution in [2.24, 2.45) is 0 Å². The lowest BCUT2D eigenvalue weighted by molar-refractivity contribution is -0.123. The number of ether oxygens (including phenoxy) is 2. The van der Waals surface area contributed by atoms with E-state index in [9.17, 15) is 14.4 Å². The van der Waals surface area contributed by atoms with Gasteiger partial charge in [-0.15, -0.1) is 0 Å². The van der Waals surface area contributed by atoms with E-state index in [1.807, 2.05) is 31.2 Å². The molecule has 0 saturated carbocycles. The summed E-state index contributed by atoms with van der Waals surface area (Å²) in [6.45, 7) is 2.37. The zero-order chi connectivity index (χ0) is 24.9. The second-order valence-electron chi connectivity index (χ2n) is 7.43. The summed E-state index contributed by atoms with van der Waals surface area (Å²) >= 11 is 9.05. The molecule has 0 radical (unpaired) electrons.